The van der Waals surface area contributed by atoms with Gasteiger partial charge in [-0.2, -0.15) is 5.10 Å². The van der Waals surface area contributed by atoms with E-state index in [1.807, 2.05) is 63.2 Å². The molecule has 152 valence electrons. The van der Waals surface area contributed by atoms with Gasteiger partial charge in [0.15, 0.2) is 10.8 Å². The number of anilines is 1. The van der Waals surface area contributed by atoms with Crippen molar-refractivity contribution in [3.63, 3.8) is 0 Å². The van der Waals surface area contributed by atoms with E-state index in [0.29, 0.717) is 16.2 Å². The number of nitrogens with zero attached hydrogens (tertiary/aromatic N) is 3. The molecule has 7 nitrogen and oxygen atoms in total. The van der Waals surface area contributed by atoms with Gasteiger partial charge in [-0.1, -0.05) is 47.7 Å². The molecule has 0 radical (unpaired) electrons. The lowest BCUT2D eigenvalue weighted by molar-refractivity contribution is -0.113. The van der Waals surface area contributed by atoms with Crippen LogP contribution in [0, 0.1) is 20.8 Å². The highest BCUT2D eigenvalue weighted by molar-refractivity contribution is 7.99. The summed E-state index contributed by atoms with van der Waals surface area (Å²) in [4.78, 5) is 32.1. The third kappa shape index (κ3) is 3.99. The fraction of sp³-hybridized carbons (Fsp3) is 0.182. The molecule has 0 bridgehead atoms. The Labute approximate surface area is 177 Å². The Morgan fingerprint density at radius 2 is 1.93 bits per heavy atom. The molecule has 0 aliphatic carbocycles. The van der Waals surface area contributed by atoms with Crippen LogP contribution in [0.1, 0.15) is 16.7 Å². The Hall–Kier alpha value is -3.39. The zero-order valence-corrected chi connectivity index (χ0v) is 17.7. The van der Waals surface area contributed by atoms with Gasteiger partial charge < -0.3 is 10.3 Å². The van der Waals surface area contributed by atoms with Crippen LogP contribution in [0.5, 0.6) is 0 Å². The van der Waals surface area contributed by atoms with Crippen LogP contribution in [0.3, 0.4) is 0 Å². The number of carbonyl (C=O) groups excluding carboxylic acids is 1. The average molecular weight is 420 g/mol. The number of hydrogen-bond donors (Lipinski definition) is 2. The number of fused-ring (bicyclic) bond motifs is 1. The number of aryl methyl sites for hydroxylation is 3. The van der Waals surface area contributed by atoms with E-state index in [4.69, 9.17) is 0 Å². The molecule has 2 aromatic heterocycles. The summed E-state index contributed by atoms with van der Waals surface area (Å²) >= 11 is 1.18. The van der Waals surface area contributed by atoms with E-state index in [2.05, 4.69) is 20.4 Å². The number of H-pyrrole nitrogens is 1. The highest BCUT2D eigenvalue weighted by Gasteiger charge is 2.14. The minimum absolute atomic E-state index is 0.125. The predicted molar refractivity (Wildman–Crippen MR) is 119 cm³/mol. The first kappa shape index (κ1) is 19.9. The molecular weight excluding hydrogens is 398 g/mol. The summed E-state index contributed by atoms with van der Waals surface area (Å²) < 4.78 is 1.65. The van der Waals surface area contributed by atoms with Gasteiger partial charge in [0.05, 0.1) is 17.6 Å². The molecule has 2 aromatic carbocycles. The molecule has 0 fully saturated rings. The Kier molecular flexibility index (Phi) is 5.41. The lowest BCUT2D eigenvalue weighted by Crippen LogP contribution is -2.16. The molecule has 4 aromatic rings. The maximum absolute atomic E-state index is 12.5. The third-order valence-corrected chi connectivity index (χ3v) is 5.63. The summed E-state index contributed by atoms with van der Waals surface area (Å²) in [6, 6.07) is 13.6. The molecule has 8 heteroatoms. The van der Waals surface area contributed by atoms with Crippen molar-refractivity contribution in [2.24, 2.45) is 0 Å². The van der Waals surface area contributed by atoms with E-state index in [-0.39, 0.29) is 17.2 Å². The summed E-state index contributed by atoms with van der Waals surface area (Å²) in [5.41, 5.74) is 4.98. The highest BCUT2D eigenvalue weighted by atomic mass is 32.2. The van der Waals surface area contributed by atoms with Crippen LogP contribution in [0.15, 0.2) is 58.6 Å². The highest BCUT2D eigenvalue weighted by Crippen LogP contribution is 2.21. The van der Waals surface area contributed by atoms with Crippen molar-refractivity contribution in [1.29, 1.82) is 0 Å². The smallest absolute Gasteiger partial charge is 0.262 e. The van der Waals surface area contributed by atoms with Gasteiger partial charge in [-0.3, -0.25) is 9.59 Å². The monoisotopic (exact) mass is 419 g/mol. The van der Waals surface area contributed by atoms with Crippen LogP contribution in [-0.4, -0.2) is 31.4 Å². The van der Waals surface area contributed by atoms with Gasteiger partial charge in [0.1, 0.15) is 5.39 Å². The first-order valence-electron chi connectivity index (χ1n) is 9.46. The molecule has 4 rings (SSSR count). The third-order valence-electron chi connectivity index (χ3n) is 4.76. The minimum Gasteiger partial charge on any atom is -0.325 e. The molecule has 2 N–H and O–H groups in total. The second kappa shape index (κ2) is 8.16. The molecule has 0 atom stereocenters. The van der Waals surface area contributed by atoms with E-state index in [1.54, 1.807) is 4.68 Å². The SMILES string of the molecule is Cc1ccc(NC(=O)CSc2nc3c(cnn3-c3ccccc3C)c(=O)[nH]2)c(C)c1. The zero-order chi connectivity index (χ0) is 21.3. The number of benzene rings is 2. The Bertz CT molecular complexity index is 1310. The fourth-order valence-electron chi connectivity index (χ4n) is 3.22. The van der Waals surface area contributed by atoms with E-state index in [9.17, 15) is 9.59 Å². The summed E-state index contributed by atoms with van der Waals surface area (Å²) in [6.45, 7) is 5.94. The van der Waals surface area contributed by atoms with E-state index < -0.39 is 0 Å². The average Bonchev–Trinajstić information content (AvgIpc) is 3.13. The van der Waals surface area contributed by atoms with E-state index in [1.165, 1.54) is 18.0 Å². The lowest BCUT2D eigenvalue weighted by Gasteiger charge is -2.09. The normalized spacial score (nSPS) is 11.0. The maximum atomic E-state index is 12.5. The quantitative estimate of drug-likeness (QED) is 0.379. The van der Waals surface area contributed by atoms with Crippen LogP contribution in [0.4, 0.5) is 5.69 Å². The number of rotatable bonds is 5. The number of hydrogen-bond acceptors (Lipinski definition) is 5. The van der Waals surface area contributed by atoms with Crippen LogP contribution >= 0.6 is 11.8 Å². The molecule has 0 spiro atoms. The van der Waals surface area contributed by atoms with Gasteiger partial charge in [0, 0.05) is 5.69 Å². The lowest BCUT2D eigenvalue weighted by atomic mass is 10.1. The number of amides is 1. The predicted octanol–water partition coefficient (Wildman–Crippen LogP) is 3.76. The number of aromatic amines is 1. The van der Waals surface area contributed by atoms with Crippen LogP contribution in [0.25, 0.3) is 16.7 Å². The molecule has 0 unspecified atom stereocenters. The van der Waals surface area contributed by atoms with Crippen molar-refractivity contribution in [3.05, 3.63) is 75.7 Å². The number of thioether (sulfide) groups is 1. The van der Waals surface area contributed by atoms with Gasteiger partial charge in [0.2, 0.25) is 5.91 Å². The molecule has 0 aliphatic rings. The summed E-state index contributed by atoms with van der Waals surface area (Å²) in [5, 5.41) is 8.02. The van der Waals surface area contributed by atoms with Gasteiger partial charge in [-0.05, 0) is 44.0 Å². The van der Waals surface area contributed by atoms with Gasteiger partial charge in [-0.15, -0.1) is 0 Å². The molecule has 2 heterocycles. The van der Waals surface area contributed by atoms with Crippen molar-refractivity contribution in [1.82, 2.24) is 19.7 Å². The van der Waals surface area contributed by atoms with Crippen molar-refractivity contribution in [2.75, 3.05) is 11.1 Å². The Morgan fingerprint density at radius 1 is 1.13 bits per heavy atom. The summed E-state index contributed by atoms with van der Waals surface area (Å²) in [5.74, 6) is -0.0394. The second-order valence-electron chi connectivity index (χ2n) is 7.11. The minimum atomic E-state index is -0.280. The standard InChI is InChI=1S/C22H21N5O2S/c1-13-8-9-17(15(3)10-13)24-19(28)12-30-22-25-20-16(21(29)26-22)11-23-27(20)18-7-5-4-6-14(18)2/h4-11H,12H2,1-3H3,(H,24,28)(H,25,26,29). The zero-order valence-electron chi connectivity index (χ0n) is 16.9. The van der Waals surface area contributed by atoms with Crippen LogP contribution in [-0.2, 0) is 4.79 Å². The van der Waals surface area contributed by atoms with Crippen LogP contribution in [0.2, 0.25) is 0 Å². The van der Waals surface area contributed by atoms with E-state index >= 15 is 0 Å². The van der Waals surface area contributed by atoms with E-state index in [0.717, 1.165) is 28.1 Å². The van der Waals surface area contributed by atoms with Crippen molar-refractivity contribution in [3.8, 4) is 5.69 Å². The number of nitrogens with one attached hydrogen (secondary N) is 2. The number of carbonyl (C=O) groups is 1. The fourth-order valence-corrected chi connectivity index (χ4v) is 3.87. The van der Waals surface area contributed by atoms with Crippen molar-refractivity contribution >= 4 is 34.4 Å². The molecule has 0 saturated carbocycles. The first-order chi connectivity index (χ1) is 14.4. The second-order valence-corrected chi connectivity index (χ2v) is 8.07. The Balaban J connectivity index is 1.56. The molecule has 0 aliphatic heterocycles. The number of aromatic nitrogens is 4. The van der Waals surface area contributed by atoms with Gasteiger partial charge in [-0.25, -0.2) is 9.67 Å². The molecule has 0 saturated heterocycles. The van der Waals surface area contributed by atoms with Crippen molar-refractivity contribution in [2.45, 2.75) is 25.9 Å². The maximum Gasteiger partial charge on any atom is 0.262 e. The topological polar surface area (TPSA) is 92.7 Å². The Morgan fingerprint density at radius 3 is 2.70 bits per heavy atom. The summed E-state index contributed by atoms with van der Waals surface area (Å²) in [6.07, 6.45) is 1.51. The molecular formula is C22H21N5O2S. The number of para-hydroxylation sites is 1. The first-order valence-corrected chi connectivity index (χ1v) is 10.4. The summed E-state index contributed by atoms with van der Waals surface area (Å²) in [7, 11) is 0. The van der Waals surface area contributed by atoms with Crippen molar-refractivity contribution < 1.29 is 4.79 Å². The molecule has 30 heavy (non-hydrogen) atoms. The van der Waals surface area contributed by atoms with Gasteiger partial charge in [0.25, 0.3) is 5.56 Å². The van der Waals surface area contributed by atoms with Crippen LogP contribution < -0.4 is 10.9 Å². The van der Waals surface area contributed by atoms with Gasteiger partial charge >= 0.3 is 0 Å². The largest absolute Gasteiger partial charge is 0.325 e. The molecule has 1 amide bonds.